The Bertz CT molecular complexity index is 1280. The minimum Gasteiger partial charge on any atom is -0.444 e. The lowest BCUT2D eigenvalue weighted by Gasteiger charge is -2.30. The predicted octanol–water partition coefficient (Wildman–Crippen LogP) is 4.09. The van der Waals surface area contributed by atoms with E-state index < -0.39 is 10.0 Å². The number of anilines is 1. The molecule has 0 fully saturated rings. The number of nitrogens with zero attached hydrogens (tertiary/aromatic N) is 3. The van der Waals surface area contributed by atoms with Crippen LogP contribution in [0.25, 0.3) is 22.4 Å². The largest absolute Gasteiger partial charge is 0.444 e. The first kappa shape index (κ1) is 17.3. The minimum absolute atomic E-state index is 0.191. The highest BCUT2D eigenvalue weighted by molar-refractivity contribution is 8.00. The van der Waals surface area contributed by atoms with Gasteiger partial charge in [-0.25, -0.2) is 18.4 Å². The zero-order chi connectivity index (χ0) is 19.3. The number of rotatable bonds is 3. The van der Waals surface area contributed by atoms with Gasteiger partial charge in [0.1, 0.15) is 5.52 Å². The molecule has 0 N–H and O–H groups in total. The monoisotopic (exact) mass is 413 g/mol. The van der Waals surface area contributed by atoms with Crippen LogP contribution in [0.15, 0.2) is 67.6 Å². The quantitative estimate of drug-likeness (QED) is 0.500. The van der Waals surface area contributed by atoms with Gasteiger partial charge in [0.15, 0.2) is 23.6 Å². The summed E-state index contributed by atoms with van der Waals surface area (Å²) in [7, 11) is -3.75. The third-order valence-electron chi connectivity index (χ3n) is 4.55. The van der Waals surface area contributed by atoms with E-state index >= 15 is 0 Å². The highest BCUT2D eigenvalue weighted by Gasteiger charge is 2.30. The van der Waals surface area contributed by atoms with E-state index in [0.29, 0.717) is 40.7 Å². The minimum atomic E-state index is -3.75. The van der Waals surface area contributed by atoms with Crippen molar-refractivity contribution in [1.82, 2.24) is 9.97 Å². The van der Waals surface area contributed by atoms with Crippen LogP contribution in [0, 0.1) is 6.92 Å². The lowest BCUT2D eigenvalue weighted by atomic mass is 10.1. The summed E-state index contributed by atoms with van der Waals surface area (Å²) >= 11 is 1.64. The van der Waals surface area contributed by atoms with Gasteiger partial charge < -0.3 is 8.83 Å². The van der Waals surface area contributed by atoms with E-state index in [4.69, 9.17) is 8.83 Å². The van der Waals surface area contributed by atoms with Gasteiger partial charge in [-0.1, -0.05) is 0 Å². The second-order valence-corrected chi connectivity index (χ2v) is 9.34. The number of aromatic nitrogens is 2. The lowest BCUT2D eigenvalue weighted by molar-refractivity contribution is 0.561. The summed E-state index contributed by atoms with van der Waals surface area (Å²) in [6.07, 6.45) is 2.96. The van der Waals surface area contributed by atoms with E-state index in [1.165, 1.54) is 10.7 Å². The molecule has 1 aliphatic rings. The standard InChI is InChI=1S/C19H15N3O4S2/c1-12-21-15-9-14(3-4-17(15)26-12)28(23,24)22-6-7-27-19-5-2-13(8-16(19)22)18-10-20-11-25-18/h2-5,8-11H,6-7H2,1H3. The Morgan fingerprint density at radius 3 is 2.89 bits per heavy atom. The fraction of sp³-hybridized carbons (Fsp3) is 0.158. The van der Waals surface area contributed by atoms with Crippen molar-refractivity contribution in [2.24, 2.45) is 0 Å². The van der Waals surface area contributed by atoms with Crippen LogP contribution in [-0.4, -0.2) is 30.7 Å². The Morgan fingerprint density at radius 1 is 1.18 bits per heavy atom. The molecule has 0 saturated carbocycles. The highest BCUT2D eigenvalue weighted by Crippen LogP contribution is 2.40. The number of thioether (sulfide) groups is 1. The Morgan fingerprint density at radius 2 is 2.07 bits per heavy atom. The molecule has 7 nitrogen and oxygen atoms in total. The molecule has 2 aromatic carbocycles. The molecule has 0 radical (unpaired) electrons. The van der Waals surface area contributed by atoms with E-state index in [1.54, 1.807) is 43.1 Å². The topological polar surface area (TPSA) is 89.4 Å². The van der Waals surface area contributed by atoms with Crippen LogP contribution in [-0.2, 0) is 10.0 Å². The van der Waals surface area contributed by atoms with Crippen LogP contribution in [0.4, 0.5) is 5.69 Å². The van der Waals surface area contributed by atoms with E-state index in [0.717, 1.165) is 10.5 Å². The van der Waals surface area contributed by atoms with Crippen LogP contribution >= 0.6 is 11.8 Å². The van der Waals surface area contributed by atoms with Crippen molar-refractivity contribution in [3.8, 4) is 11.3 Å². The molecule has 3 heterocycles. The second-order valence-electron chi connectivity index (χ2n) is 6.34. The van der Waals surface area contributed by atoms with Gasteiger partial charge in [0.2, 0.25) is 0 Å². The Labute approximate surface area is 165 Å². The molecule has 0 bridgehead atoms. The maximum absolute atomic E-state index is 13.4. The molecule has 0 saturated heterocycles. The zero-order valence-electron chi connectivity index (χ0n) is 14.8. The number of aryl methyl sites for hydroxylation is 1. The fourth-order valence-corrected chi connectivity index (χ4v) is 5.91. The SMILES string of the molecule is Cc1nc2cc(S(=O)(=O)N3CCSc4ccc(-c5cnco5)cc43)ccc2o1. The van der Waals surface area contributed by atoms with E-state index in [-0.39, 0.29) is 4.90 Å². The number of hydrogen-bond acceptors (Lipinski definition) is 7. The number of benzene rings is 2. The average molecular weight is 413 g/mol. The van der Waals surface area contributed by atoms with E-state index in [1.807, 2.05) is 18.2 Å². The molecule has 0 atom stereocenters. The van der Waals surface area contributed by atoms with Gasteiger partial charge in [-0.15, -0.1) is 11.8 Å². The molecule has 9 heteroatoms. The molecule has 28 heavy (non-hydrogen) atoms. The lowest BCUT2D eigenvalue weighted by Crippen LogP contribution is -2.35. The third kappa shape index (κ3) is 2.78. The summed E-state index contributed by atoms with van der Waals surface area (Å²) < 4.78 is 39.1. The molecular formula is C19H15N3O4S2. The molecule has 0 unspecified atom stereocenters. The van der Waals surface area contributed by atoms with Crippen molar-refractivity contribution in [1.29, 1.82) is 0 Å². The number of oxazole rings is 2. The van der Waals surface area contributed by atoms with Gasteiger partial charge in [0.05, 0.1) is 16.8 Å². The first-order valence-electron chi connectivity index (χ1n) is 8.58. The summed E-state index contributed by atoms with van der Waals surface area (Å²) in [6, 6.07) is 10.4. The van der Waals surface area contributed by atoms with Gasteiger partial charge in [-0.2, -0.15) is 0 Å². The molecule has 2 aromatic heterocycles. The zero-order valence-corrected chi connectivity index (χ0v) is 16.5. The van der Waals surface area contributed by atoms with E-state index in [9.17, 15) is 8.42 Å². The van der Waals surface area contributed by atoms with Crippen molar-refractivity contribution >= 4 is 38.6 Å². The number of fused-ring (bicyclic) bond motifs is 2. The normalized spacial score (nSPS) is 14.4. The summed E-state index contributed by atoms with van der Waals surface area (Å²) in [5.41, 5.74) is 2.52. The van der Waals surface area contributed by atoms with Gasteiger partial charge in [-0.05, 0) is 36.4 Å². The van der Waals surface area contributed by atoms with Crippen molar-refractivity contribution < 1.29 is 17.3 Å². The molecule has 0 amide bonds. The second kappa shape index (κ2) is 6.39. The van der Waals surface area contributed by atoms with Crippen LogP contribution < -0.4 is 4.31 Å². The van der Waals surface area contributed by atoms with Crippen molar-refractivity contribution in [3.63, 3.8) is 0 Å². The smallest absolute Gasteiger partial charge is 0.264 e. The third-order valence-corrected chi connectivity index (χ3v) is 7.40. The summed E-state index contributed by atoms with van der Waals surface area (Å²) in [6.45, 7) is 2.12. The molecule has 0 aliphatic carbocycles. The maximum Gasteiger partial charge on any atom is 0.264 e. The molecule has 0 spiro atoms. The first-order chi connectivity index (χ1) is 13.5. The number of sulfonamides is 1. The highest BCUT2D eigenvalue weighted by atomic mass is 32.2. The van der Waals surface area contributed by atoms with Gasteiger partial charge >= 0.3 is 0 Å². The van der Waals surface area contributed by atoms with Crippen LogP contribution in [0.2, 0.25) is 0 Å². The van der Waals surface area contributed by atoms with E-state index in [2.05, 4.69) is 9.97 Å². The Balaban J connectivity index is 1.61. The molecule has 5 rings (SSSR count). The van der Waals surface area contributed by atoms with Gasteiger partial charge in [0, 0.05) is 29.7 Å². The Kier molecular flexibility index (Phi) is 3.95. The van der Waals surface area contributed by atoms with Crippen LogP contribution in [0.3, 0.4) is 0 Å². The van der Waals surface area contributed by atoms with Gasteiger partial charge in [-0.3, -0.25) is 4.31 Å². The molecule has 142 valence electrons. The van der Waals surface area contributed by atoms with Crippen molar-refractivity contribution in [2.45, 2.75) is 16.7 Å². The number of hydrogen-bond donors (Lipinski definition) is 0. The fourth-order valence-electron chi connectivity index (χ4n) is 3.26. The average Bonchev–Trinajstić information content (AvgIpc) is 3.35. The van der Waals surface area contributed by atoms with Gasteiger partial charge in [0.25, 0.3) is 10.0 Å². The van der Waals surface area contributed by atoms with Crippen LogP contribution in [0.5, 0.6) is 0 Å². The Hall–Kier alpha value is -2.78. The molecule has 4 aromatic rings. The maximum atomic E-state index is 13.4. The predicted molar refractivity (Wildman–Crippen MR) is 106 cm³/mol. The van der Waals surface area contributed by atoms with Crippen molar-refractivity contribution in [2.75, 3.05) is 16.6 Å². The summed E-state index contributed by atoms with van der Waals surface area (Å²) in [4.78, 5) is 9.29. The van der Waals surface area contributed by atoms with Crippen molar-refractivity contribution in [3.05, 3.63) is 54.9 Å². The first-order valence-corrected chi connectivity index (χ1v) is 11.0. The molecule has 1 aliphatic heterocycles. The molecular weight excluding hydrogens is 398 g/mol. The van der Waals surface area contributed by atoms with Crippen LogP contribution in [0.1, 0.15) is 5.89 Å². The summed E-state index contributed by atoms with van der Waals surface area (Å²) in [5.74, 6) is 1.77. The summed E-state index contributed by atoms with van der Waals surface area (Å²) in [5, 5.41) is 0.